The van der Waals surface area contributed by atoms with E-state index in [4.69, 9.17) is 0 Å². The lowest BCUT2D eigenvalue weighted by Gasteiger charge is -2.27. The fourth-order valence-corrected chi connectivity index (χ4v) is 5.10. The molecule has 2 aliphatic heterocycles. The molecule has 0 saturated carbocycles. The van der Waals surface area contributed by atoms with Crippen molar-refractivity contribution in [2.75, 3.05) is 16.8 Å². The number of hydrogen-bond donors (Lipinski definition) is 1. The van der Waals surface area contributed by atoms with Crippen LogP contribution in [0.4, 0.5) is 14.5 Å². The maximum Gasteiger partial charge on any atom is 0.288 e. The van der Waals surface area contributed by atoms with Crippen molar-refractivity contribution in [2.24, 2.45) is 5.10 Å². The van der Waals surface area contributed by atoms with Crippen LogP contribution in [-0.4, -0.2) is 54.3 Å². The van der Waals surface area contributed by atoms with Gasteiger partial charge in [0.1, 0.15) is 5.71 Å². The van der Waals surface area contributed by atoms with E-state index >= 15 is 0 Å². The maximum absolute atomic E-state index is 12.4. The van der Waals surface area contributed by atoms with E-state index in [0.29, 0.717) is 28.8 Å². The molecule has 2 amide bonds. The number of rotatable bonds is 5. The molecule has 1 saturated heterocycles. The minimum atomic E-state index is -3.19. The number of benzene rings is 1. The molecular formula is C16H17F2N3O4S2. The quantitative estimate of drug-likeness (QED) is 0.741. The van der Waals surface area contributed by atoms with E-state index in [0.717, 1.165) is 5.01 Å². The molecule has 3 rings (SSSR count). The van der Waals surface area contributed by atoms with Crippen LogP contribution in [0.2, 0.25) is 0 Å². The third-order valence-corrected chi connectivity index (χ3v) is 6.69. The minimum absolute atomic E-state index is 0.00146. The van der Waals surface area contributed by atoms with Crippen molar-refractivity contribution < 1.29 is 26.8 Å². The van der Waals surface area contributed by atoms with Crippen LogP contribution in [0.25, 0.3) is 0 Å². The molecule has 27 heavy (non-hydrogen) atoms. The monoisotopic (exact) mass is 417 g/mol. The molecule has 7 nitrogen and oxygen atoms in total. The second-order valence-corrected chi connectivity index (χ2v) is 9.49. The van der Waals surface area contributed by atoms with Crippen LogP contribution in [0.1, 0.15) is 19.3 Å². The van der Waals surface area contributed by atoms with Crippen molar-refractivity contribution in [3.63, 3.8) is 0 Å². The molecule has 1 unspecified atom stereocenters. The van der Waals surface area contributed by atoms with Crippen LogP contribution in [0.5, 0.6) is 0 Å². The van der Waals surface area contributed by atoms with E-state index in [9.17, 15) is 26.8 Å². The number of hydrogen-bond acceptors (Lipinski definition) is 6. The number of halogens is 2. The lowest BCUT2D eigenvalue weighted by atomic mass is 10.1. The van der Waals surface area contributed by atoms with Crippen molar-refractivity contribution in [2.45, 2.75) is 36.0 Å². The van der Waals surface area contributed by atoms with Gasteiger partial charge in [-0.1, -0.05) is 11.8 Å². The zero-order valence-electron chi connectivity index (χ0n) is 14.1. The average Bonchev–Trinajstić information content (AvgIpc) is 2.96. The van der Waals surface area contributed by atoms with E-state index in [1.54, 1.807) is 0 Å². The number of thioether (sulfide) groups is 1. The summed E-state index contributed by atoms with van der Waals surface area (Å²) in [7, 11) is -3.19. The first-order valence-corrected chi connectivity index (χ1v) is 10.9. The Kier molecular flexibility index (Phi) is 5.80. The topological polar surface area (TPSA) is 95.9 Å². The van der Waals surface area contributed by atoms with Crippen LogP contribution in [-0.2, 0) is 19.4 Å². The van der Waals surface area contributed by atoms with Crippen molar-refractivity contribution >= 4 is 44.8 Å². The van der Waals surface area contributed by atoms with Crippen molar-refractivity contribution in [3.8, 4) is 0 Å². The number of alkyl halides is 2. The number of hydrazone groups is 1. The largest absolute Gasteiger partial charge is 0.321 e. The summed E-state index contributed by atoms with van der Waals surface area (Å²) in [5.41, 5.74) is 0.540. The Morgan fingerprint density at radius 2 is 1.96 bits per heavy atom. The molecule has 1 N–H and O–H groups in total. The summed E-state index contributed by atoms with van der Waals surface area (Å²) in [5, 5.41) is 7.81. The van der Waals surface area contributed by atoms with Crippen LogP contribution in [0.3, 0.4) is 0 Å². The van der Waals surface area contributed by atoms with Crippen molar-refractivity contribution in [1.82, 2.24) is 5.01 Å². The van der Waals surface area contributed by atoms with Gasteiger partial charge in [-0.15, -0.1) is 0 Å². The number of amides is 2. The van der Waals surface area contributed by atoms with Crippen LogP contribution in [0, 0.1) is 0 Å². The Morgan fingerprint density at radius 1 is 1.26 bits per heavy atom. The highest BCUT2D eigenvalue weighted by Gasteiger charge is 2.37. The molecule has 1 fully saturated rings. The summed E-state index contributed by atoms with van der Waals surface area (Å²) in [6.07, 6.45) is 0.530. The summed E-state index contributed by atoms with van der Waals surface area (Å²) < 4.78 is 47.9. The third kappa shape index (κ3) is 5.04. The van der Waals surface area contributed by atoms with Gasteiger partial charge in [0.25, 0.3) is 11.7 Å². The summed E-state index contributed by atoms with van der Waals surface area (Å²) in [5.74, 6) is -3.49. The highest BCUT2D eigenvalue weighted by molar-refractivity contribution is 7.99. The van der Waals surface area contributed by atoms with Gasteiger partial charge in [0.05, 0.1) is 17.5 Å². The normalized spacial score (nSPS) is 22.0. The van der Waals surface area contributed by atoms with Gasteiger partial charge in [-0.3, -0.25) is 9.59 Å². The van der Waals surface area contributed by atoms with E-state index < -0.39 is 27.5 Å². The summed E-state index contributed by atoms with van der Waals surface area (Å²) >= 11 is 0.405. The number of carbonyl (C=O) groups is 2. The molecule has 0 bridgehead atoms. The van der Waals surface area contributed by atoms with Crippen LogP contribution < -0.4 is 5.32 Å². The van der Waals surface area contributed by atoms with Gasteiger partial charge in [-0.25, -0.2) is 13.4 Å². The molecule has 0 spiro atoms. The van der Waals surface area contributed by atoms with Crippen molar-refractivity contribution in [1.29, 1.82) is 0 Å². The highest BCUT2D eigenvalue weighted by atomic mass is 32.2. The van der Waals surface area contributed by atoms with E-state index in [1.807, 2.05) is 0 Å². The number of anilines is 1. The zero-order valence-corrected chi connectivity index (χ0v) is 15.7. The Labute approximate surface area is 159 Å². The van der Waals surface area contributed by atoms with Gasteiger partial charge in [-0.2, -0.15) is 13.9 Å². The minimum Gasteiger partial charge on any atom is -0.321 e. The molecular weight excluding hydrogens is 400 g/mol. The van der Waals surface area contributed by atoms with Gasteiger partial charge < -0.3 is 5.32 Å². The molecule has 2 heterocycles. The predicted molar refractivity (Wildman–Crippen MR) is 97.5 cm³/mol. The van der Waals surface area contributed by atoms with Gasteiger partial charge in [0, 0.05) is 23.4 Å². The first-order valence-electron chi connectivity index (χ1n) is 8.20. The molecule has 1 atom stereocenters. The molecule has 1 aromatic carbocycles. The summed E-state index contributed by atoms with van der Waals surface area (Å²) in [6.45, 7) is 0. The SMILES string of the molecule is O=C(Nc1ccc(SC(F)F)cc1)C1=NN(C2CCS(=O)(=O)C2)C(=O)CC1. The second-order valence-electron chi connectivity index (χ2n) is 6.20. The zero-order chi connectivity index (χ0) is 19.6. The predicted octanol–water partition coefficient (Wildman–Crippen LogP) is 2.11. The number of sulfone groups is 1. The van der Waals surface area contributed by atoms with E-state index in [1.165, 1.54) is 24.3 Å². The van der Waals surface area contributed by atoms with Crippen LogP contribution >= 0.6 is 11.8 Å². The van der Waals surface area contributed by atoms with Gasteiger partial charge in [-0.05, 0) is 30.7 Å². The van der Waals surface area contributed by atoms with Crippen LogP contribution in [0.15, 0.2) is 34.3 Å². The number of nitrogens with zero attached hydrogens (tertiary/aromatic N) is 2. The number of carbonyl (C=O) groups excluding carboxylic acids is 2. The fraction of sp³-hybridized carbons (Fsp3) is 0.438. The molecule has 11 heteroatoms. The Bertz CT molecular complexity index is 872. The molecule has 0 radical (unpaired) electrons. The Hall–Kier alpha value is -2.01. The fourth-order valence-electron chi connectivity index (χ4n) is 2.91. The molecule has 146 valence electrons. The standard InChI is InChI=1S/C16H17F2N3O4S2/c17-16(18)26-12-3-1-10(2-4-12)19-15(23)13-5-6-14(22)21(20-13)11-7-8-27(24,25)9-11/h1-4,11,16H,5-9H2,(H,19,23). The van der Waals surface area contributed by atoms with E-state index in [-0.39, 0.29) is 36.0 Å². The molecule has 2 aliphatic rings. The summed E-state index contributed by atoms with van der Waals surface area (Å²) in [4.78, 5) is 24.8. The highest BCUT2D eigenvalue weighted by Crippen LogP contribution is 2.26. The Morgan fingerprint density at radius 3 is 2.56 bits per heavy atom. The average molecular weight is 417 g/mol. The van der Waals surface area contributed by atoms with E-state index in [2.05, 4.69) is 10.4 Å². The lowest BCUT2D eigenvalue weighted by molar-refractivity contribution is -0.133. The molecule has 0 aliphatic carbocycles. The van der Waals surface area contributed by atoms with Gasteiger partial charge in [0.15, 0.2) is 9.84 Å². The molecule has 1 aromatic rings. The smallest absolute Gasteiger partial charge is 0.288 e. The first-order chi connectivity index (χ1) is 12.7. The van der Waals surface area contributed by atoms with Gasteiger partial charge >= 0.3 is 0 Å². The van der Waals surface area contributed by atoms with Gasteiger partial charge in [0.2, 0.25) is 5.91 Å². The summed E-state index contributed by atoms with van der Waals surface area (Å²) in [6, 6.07) is 5.39. The first kappa shape index (κ1) is 19.7. The third-order valence-electron chi connectivity index (χ3n) is 4.21. The Balaban J connectivity index is 1.68. The molecule has 0 aromatic heterocycles. The second kappa shape index (κ2) is 7.93. The lowest BCUT2D eigenvalue weighted by Crippen LogP contribution is -2.42. The number of nitrogens with one attached hydrogen (secondary N) is 1. The maximum atomic E-state index is 12.4. The van der Waals surface area contributed by atoms with Crippen molar-refractivity contribution in [3.05, 3.63) is 24.3 Å².